The van der Waals surface area contributed by atoms with Gasteiger partial charge in [-0.2, -0.15) is 0 Å². The number of hydrogen-bond donors (Lipinski definition) is 1. The standard InChI is InChI=1S/C14H20Cl2O/c1-14(2,3)12(17)9-5-7-10-6-4-8-11(15)13(10)16/h4,6,8,12,17H,5,7,9H2,1-3H3. The van der Waals surface area contributed by atoms with Crippen molar-refractivity contribution in [2.24, 2.45) is 5.41 Å². The first-order chi connectivity index (χ1) is 7.82. The lowest BCUT2D eigenvalue weighted by atomic mass is 9.86. The lowest BCUT2D eigenvalue weighted by molar-refractivity contribution is 0.0540. The first kappa shape index (κ1) is 14.8. The van der Waals surface area contributed by atoms with Gasteiger partial charge in [-0.1, -0.05) is 56.1 Å². The van der Waals surface area contributed by atoms with E-state index in [-0.39, 0.29) is 11.5 Å². The van der Waals surface area contributed by atoms with Crippen molar-refractivity contribution in [3.8, 4) is 0 Å². The van der Waals surface area contributed by atoms with Gasteiger partial charge in [-0.3, -0.25) is 0 Å². The third kappa shape index (κ3) is 4.50. The summed E-state index contributed by atoms with van der Waals surface area (Å²) in [4.78, 5) is 0. The van der Waals surface area contributed by atoms with Gasteiger partial charge in [0, 0.05) is 0 Å². The molecule has 1 aromatic rings. The Morgan fingerprint density at radius 3 is 2.47 bits per heavy atom. The maximum absolute atomic E-state index is 9.93. The molecule has 0 aliphatic carbocycles. The number of hydrogen-bond acceptors (Lipinski definition) is 1. The normalized spacial score (nSPS) is 13.8. The molecule has 0 aliphatic rings. The van der Waals surface area contributed by atoms with E-state index in [9.17, 15) is 5.11 Å². The molecule has 0 aliphatic heterocycles. The smallest absolute Gasteiger partial charge is 0.0624 e. The predicted octanol–water partition coefficient (Wildman–Crippen LogP) is 4.72. The molecular weight excluding hydrogens is 255 g/mol. The summed E-state index contributed by atoms with van der Waals surface area (Å²) in [5.74, 6) is 0. The molecule has 0 fully saturated rings. The average molecular weight is 275 g/mol. The molecule has 0 radical (unpaired) electrons. The fourth-order valence-corrected chi connectivity index (χ4v) is 2.08. The zero-order valence-electron chi connectivity index (χ0n) is 10.6. The Labute approximate surface area is 114 Å². The Morgan fingerprint density at radius 1 is 1.24 bits per heavy atom. The molecule has 1 N–H and O–H groups in total. The van der Waals surface area contributed by atoms with Gasteiger partial charge < -0.3 is 5.11 Å². The van der Waals surface area contributed by atoms with Gasteiger partial charge >= 0.3 is 0 Å². The highest BCUT2D eigenvalue weighted by atomic mass is 35.5. The molecule has 0 heterocycles. The first-order valence-corrected chi connectivity index (χ1v) is 6.69. The first-order valence-electron chi connectivity index (χ1n) is 5.93. The number of benzene rings is 1. The molecule has 0 spiro atoms. The third-order valence-corrected chi connectivity index (χ3v) is 3.81. The Bertz CT molecular complexity index is 369. The highest BCUT2D eigenvalue weighted by molar-refractivity contribution is 6.42. The van der Waals surface area contributed by atoms with Gasteiger partial charge in [-0.25, -0.2) is 0 Å². The Morgan fingerprint density at radius 2 is 1.88 bits per heavy atom. The predicted molar refractivity (Wildman–Crippen MR) is 74.9 cm³/mol. The third-order valence-electron chi connectivity index (χ3n) is 2.95. The van der Waals surface area contributed by atoms with Crippen LogP contribution in [0.25, 0.3) is 0 Å². The number of aryl methyl sites for hydroxylation is 1. The Hall–Kier alpha value is -0.240. The summed E-state index contributed by atoms with van der Waals surface area (Å²) >= 11 is 12.1. The molecular formula is C14H20Cl2O. The Balaban J connectivity index is 2.49. The van der Waals surface area contributed by atoms with Crippen molar-refractivity contribution in [2.45, 2.75) is 46.1 Å². The highest BCUT2D eigenvalue weighted by Gasteiger charge is 2.21. The van der Waals surface area contributed by atoms with Crippen molar-refractivity contribution in [1.82, 2.24) is 0 Å². The van der Waals surface area contributed by atoms with Crippen LogP contribution < -0.4 is 0 Å². The molecule has 1 unspecified atom stereocenters. The van der Waals surface area contributed by atoms with Crippen LogP contribution in [0.15, 0.2) is 18.2 Å². The summed E-state index contributed by atoms with van der Waals surface area (Å²) in [7, 11) is 0. The summed E-state index contributed by atoms with van der Waals surface area (Å²) in [5.41, 5.74) is 0.998. The summed E-state index contributed by atoms with van der Waals surface area (Å²) in [6.07, 6.45) is 2.28. The van der Waals surface area contributed by atoms with Crippen LogP contribution in [0.3, 0.4) is 0 Å². The molecule has 3 heteroatoms. The summed E-state index contributed by atoms with van der Waals surface area (Å²) in [6.45, 7) is 6.14. The van der Waals surface area contributed by atoms with Gasteiger partial charge in [0.05, 0.1) is 16.1 Å². The average Bonchev–Trinajstić information content (AvgIpc) is 2.22. The van der Waals surface area contributed by atoms with Gasteiger partial charge in [0.15, 0.2) is 0 Å². The summed E-state index contributed by atoms with van der Waals surface area (Å²) in [5, 5.41) is 11.2. The minimum atomic E-state index is -0.277. The largest absolute Gasteiger partial charge is 0.393 e. The zero-order valence-corrected chi connectivity index (χ0v) is 12.1. The minimum absolute atomic E-state index is 0.0574. The molecule has 1 atom stereocenters. The van der Waals surface area contributed by atoms with Crippen molar-refractivity contribution in [3.05, 3.63) is 33.8 Å². The van der Waals surface area contributed by atoms with Crippen LogP contribution in [0.2, 0.25) is 10.0 Å². The molecule has 1 nitrogen and oxygen atoms in total. The molecule has 0 saturated heterocycles. The van der Waals surface area contributed by atoms with Crippen LogP contribution in [-0.2, 0) is 6.42 Å². The number of aliphatic hydroxyl groups excluding tert-OH is 1. The van der Waals surface area contributed by atoms with Crippen LogP contribution in [0.1, 0.15) is 39.2 Å². The molecule has 0 amide bonds. The monoisotopic (exact) mass is 274 g/mol. The van der Waals surface area contributed by atoms with E-state index >= 15 is 0 Å². The molecule has 0 aromatic heterocycles. The van der Waals surface area contributed by atoms with Gasteiger partial charge in [0.25, 0.3) is 0 Å². The second-order valence-corrected chi connectivity index (χ2v) is 6.27. The van der Waals surface area contributed by atoms with Crippen LogP contribution in [0.4, 0.5) is 0 Å². The van der Waals surface area contributed by atoms with E-state index in [1.165, 1.54) is 0 Å². The van der Waals surface area contributed by atoms with Gasteiger partial charge in [-0.15, -0.1) is 0 Å². The Kier molecular flexibility index (Phi) is 5.30. The summed E-state index contributed by atoms with van der Waals surface area (Å²) < 4.78 is 0. The van der Waals surface area contributed by atoms with Gasteiger partial charge in [0.1, 0.15) is 0 Å². The van der Waals surface area contributed by atoms with Crippen molar-refractivity contribution in [3.63, 3.8) is 0 Å². The lowest BCUT2D eigenvalue weighted by Gasteiger charge is -2.25. The molecule has 0 bridgehead atoms. The maximum Gasteiger partial charge on any atom is 0.0624 e. The molecule has 96 valence electrons. The molecule has 1 aromatic carbocycles. The molecule has 17 heavy (non-hydrogen) atoms. The zero-order chi connectivity index (χ0) is 13.1. The van der Waals surface area contributed by atoms with E-state index in [2.05, 4.69) is 0 Å². The molecule has 1 rings (SSSR count). The fourth-order valence-electron chi connectivity index (χ4n) is 1.66. The number of rotatable bonds is 4. The fraction of sp³-hybridized carbons (Fsp3) is 0.571. The topological polar surface area (TPSA) is 20.2 Å². The summed E-state index contributed by atoms with van der Waals surface area (Å²) in [6, 6.07) is 5.68. The highest BCUT2D eigenvalue weighted by Crippen LogP contribution is 2.28. The minimum Gasteiger partial charge on any atom is -0.393 e. The van der Waals surface area contributed by atoms with Crippen molar-refractivity contribution >= 4 is 23.2 Å². The van der Waals surface area contributed by atoms with Crippen molar-refractivity contribution in [2.75, 3.05) is 0 Å². The van der Waals surface area contributed by atoms with E-state index in [4.69, 9.17) is 23.2 Å². The van der Waals surface area contributed by atoms with E-state index in [0.29, 0.717) is 10.0 Å². The van der Waals surface area contributed by atoms with Crippen molar-refractivity contribution < 1.29 is 5.11 Å². The van der Waals surface area contributed by atoms with Gasteiger partial charge in [0.2, 0.25) is 0 Å². The SMILES string of the molecule is CC(C)(C)C(O)CCCc1cccc(Cl)c1Cl. The number of aliphatic hydroxyl groups is 1. The van der Waals surface area contributed by atoms with E-state index in [1.807, 2.05) is 32.9 Å². The second-order valence-electron chi connectivity index (χ2n) is 5.49. The van der Waals surface area contributed by atoms with Crippen LogP contribution in [0, 0.1) is 5.41 Å². The van der Waals surface area contributed by atoms with Gasteiger partial charge in [-0.05, 0) is 36.3 Å². The van der Waals surface area contributed by atoms with E-state index in [1.54, 1.807) is 6.07 Å². The van der Waals surface area contributed by atoms with Crippen LogP contribution in [-0.4, -0.2) is 11.2 Å². The number of halogens is 2. The molecule has 0 saturated carbocycles. The van der Waals surface area contributed by atoms with Crippen LogP contribution in [0.5, 0.6) is 0 Å². The second kappa shape index (κ2) is 6.08. The van der Waals surface area contributed by atoms with E-state index < -0.39 is 0 Å². The maximum atomic E-state index is 9.93. The van der Waals surface area contributed by atoms with E-state index in [0.717, 1.165) is 24.8 Å². The van der Waals surface area contributed by atoms with Crippen molar-refractivity contribution in [1.29, 1.82) is 0 Å². The lowest BCUT2D eigenvalue weighted by Crippen LogP contribution is -2.25. The quantitative estimate of drug-likeness (QED) is 0.842. The van der Waals surface area contributed by atoms with Crippen LogP contribution >= 0.6 is 23.2 Å².